The van der Waals surface area contributed by atoms with Gasteiger partial charge in [-0.05, 0) is 29.8 Å². The largest absolute Gasteiger partial charge is 0.458 e. The van der Waals surface area contributed by atoms with Crippen molar-refractivity contribution >= 4 is 11.3 Å². The van der Waals surface area contributed by atoms with Crippen LogP contribution in [-0.4, -0.2) is 11.0 Å². The van der Waals surface area contributed by atoms with Crippen molar-refractivity contribution in [3.8, 4) is 11.5 Å². The van der Waals surface area contributed by atoms with Crippen molar-refractivity contribution in [1.82, 2.24) is 0 Å². The summed E-state index contributed by atoms with van der Waals surface area (Å²) in [5.41, 5.74) is -4.92. The van der Waals surface area contributed by atoms with Gasteiger partial charge in [0.1, 0.15) is 17.3 Å². The van der Waals surface area contributed by atoms with Crippen LogP contribution in [-0.2, 0) is 11.5 Å². The highest BCUT2D eigenvalue weighted by atomic mass is 19.3. The molecule has 0 unspecified atom stereocenters. The first-order chi connectivity index (χ1) is 12.5. The molecule has 138 valence electrons. The molecule has 4 rings (SSSR count). The Labute approximate surface area is 150 Å². The molecule has 0 bridgehead atoms. The fraction of sp³-hybridized carbons (Fsp3) is 0.211. The van der Waals surface area contributed by atoms with E-state index in [4.69, 9.17) is 11.3 Å². The molecular formula is C19H10F5NO2. The predicted octanol–water partition coefficient (Wildman–Crippen LogP) is 5.51. The maximum absolute atomic E-state index is 14.3. The van der Waals surface area contributed by atoms with Gasteiger partial charge in [0, 0.05) is 29.2 Å². The van der Waals surface area contributed by atoms with E-state index < -0.39 is 40.8 Å². The Morgan fingerprint density at radius 2 is 1.85 bits per heavy atom. The second kappa shape index (κ2) is 5.08. The Bertz CT molecular complexity index is 1060. The van der Waals surface area contributed by atoms with Crippen LogP contribution < -0.4 is 4.74 Å². The third-order valence-electron chi connectivity index (χ3n) is 4.87. The van der Waals surface area contributed by atoms with E-state index in [0.29, 0.717) is 0 Å². The first-order valence-corrected chi connectivity index (χ1v) is 7.73. The number of alkyl halides is 4. The summed E-state index contributed by atoms with van der Waals surface area (Å²) >= 11 is 0. The summed E-state index contributed by atoms with van der Waals surface area (Å²) in [5, 5.41) is 10.4. The van der Waals surface area contributed by atoms with E-state index in [2.05, 4.69) is 11.4 Å². The van der Waals surface area contributed by atoms with Gasteiger partial charge in [-0.3, -0.25) is 0 Å². The molecule has 2 aliphatic carbocycles. The first-order valence-electron chi connectivity index (χ1n) is 7.73. The van der Waals surface area contributed by atoms with Gasteiger partial charge in [0.2, 0.25) is 0 Å². The van der Waals surface area contributed by atoms with Crippen molar-refractivity contribution in [3.05, 3.63) is 70.8 Å². The summed E-state index contributed by atoms with van der Waals surface area (Å²) in [6.45, 7) is 10.5. The summed E-state index contributed by atoms with van der Waals surface area (Å²) in [6, 6.07) is 4.95. The zero-order valence-electron chi connectivity index (χ0n) is 13.5. The minimum atomic E-state index is -4.72. The Morgan fingerprint density at radius 3 is 2.52 bits per heavy atom. The molecule has 27 heavy (non-hydrogen) atoms. The number of nitrogens with zero attached hydrogens (tertiary/aromatic N) is 1. The molecule has 0 aromatic heterocycles. The molecule has 2 aromatic carbocycles. The highest BCUT2D eigenvalue weighted by Gasteiger charge is 2.78. The van der Waals surface area contributed by atoms with E-state index >= 15 is 0 Å². The van der Waals surface area contributed by atoms with Crippen LogP contribution >= 0.6 is 0 Å². The predicted molar refractivity (Wildman–Crippen MR) is 85.6 cm³/mol. The second-order valence-corrected chi connectivity index (χ2v) is 6.51. The maximum atomic E-state index is 14.3. The lowest BCUT2D eigenvalue weighted by molar-refractivity contribution is -0.283. The molecule has 3 nitrogen and oxygen atoms in total. The van der Waals surface area contributed by atoms with Crippen LogP contribution in [0.3, 0.4) is 0 Å². The lowest BCUT2D eigenvalue weighted by Crippen LogP contribution is -2.47. The molecule has 0 amide bonds. The van der Waals surface area contributed by atoms with Gasteiger partial charge in [0.25, 0.3) is 0 Å². The number of hydrogen-bond donors (Lipinski definition) is 1. The Kier molecular flexibility index (Phi) is 3.29. The highest BCUT2D eigenvalue weighted by Crippen LogP contribution is 2.68. The van der Waals surface area contributed by atoms with Crippen molar-refractivity contribution in [2.45, 2.75) is 23.9 Å². The van der Waals surface area contributed by atoms with Crippen molar-refractivity contribution in [3.63, 3.8) is 0 Å². The maximum Gasteiger partial charge on any atom is 0.346 e. The summed E-state index contributed by atoms with van der Waals surface area (Å²) in [6.07, 6.45) is -0.783. The van der Waals surface area contributed by atoms with Crippen LogP contribution in [0.25, 0.3) is 10.4 Å². The molecule has 0 aliphatic heterocycles. The number of ether oxygens (including phenoxy) is 1. The quantitative estimate of drug-likeness (QED) is 0.551. The van der Waals surface area contributed by atoms with Crippen LogP contribution in [0.5, 0.6) is 11.5 Å². The van der Waals surface area contributed by atoms with Crippen molar-refractivity contribution in [2.75, 3.05) is 0 Å². The lowest BCUT2D eigenvalue weighted by atomic mass is 9.94. The molecule has 0 spiro atoms. The molecule has 2 aliphatic rings. The molecule has 0 saturated carbocycles. The summed E-state index contributed by atoms with van der Waals surface area (Å²) in [4.78, 5) is 3.08. The van der Waals surface area contributed by atoms with Crippen LogP contribution in [0.15, 0.2) is 36.9 Å². The molecule has 0 heterocycles. The first kappa shape index (κ1) is 17.5. The number of rotatable bonds is 2. The zero-order chi connectivity index (χ0) is 19.8. The van der Waals surface area contributed by atoms with Crippen LogP contribution in [0.1, 0.15) is 23.1 Å². The Hall–Kier alpha value is -2.92. The molecule has 2 aromatic rings. The number of halogens is 5. The second-order valence-electron chi connectivity index (χ2n) is 6.51. The average molecular weight is 379 g/mol. The van der Waals surface area contributed by atoms with Gasteiger partial charge in [0.05, 0.1) is 6.57 Å². The van der Waals surface area contributed by atoms with Gasteiger partial charge in [-0.2, -0.15) is 17.6 Å². The standard InChI is InChI=1S/C19H10F5NO2/c1-9-8-17(26)16-13(18(21,22)19(17,23)24)3-4-14(15(9)16)27-12-6-10(20)5-11(7-12)25-2/h3-7,26H,1,8H2/t17-/m0/s1. The summed E-state index contributed by atoms with van der Waals surface area (Å²) < 4.78 is 76.1. The molecule has 0 saturated heterocycles. The monoisotopic (exact) mass is 379 g/mol. The topological polar surface area (TPSA) is 33.8 Å². The number of hydrogen-bond acceptors (Lipinski definition) is 2. The fourth-order valence-corrected chi connectivity index (χ4v) is 3.69. The molecule has 8 heteroatoms. The van der Waals surface area contributed by atoms with Crippen LogP contribution in [0, 0.1) is 12.4 Å². The van der Waals surface area contributed by atoms with Crippen molar-refractivity contribution in [2.24, 2.45) is 0 Å². The van der Waals surface area contributed by atoms with E-state index in [-0.39, 0.29) is 28.3 Å². The third kappa shape index (κ3) is 2.03. The molecule has 0 radical (unpaired) electrons. The van der Waals surface area contributed by atoms with Gasteiger partial charge in [-0.15, -0.1) is 0 Å². The normalized spacial score (nSPS) is 23.8. The van der Waals surface area contributed by atoms with Crippen molar-refractivity contribution < 1.29 is 31.8 Å². The Balaban J connectivity index is 1.90. The number of aliphatic hydroxyl groups is 1. The SMILES string of the molecule is [C-]#[N+]c1cc(F)cc(Oc2ccc3c4c2C(=C)C[C@@]4(O)C(F)(F)C3(F)F)c1. The minimum Gasteiger partial charge on any atom is -0.458 e. The van der Waals surface area contributed by atoms with Crippen LogP contribution in [0.4, 0.5) is 27.6 Å². The molecule has 1 atom stereocenters. The van der Waals surface area contributed by atoms with Crippen LogP contribution in [0.2, 0.25) is 0 Å². The van der Waals surface area contributed by atoms with Gasteiger partial charge in [0.15, 0.2) is 11.3 Å². The third-order valence-corrected chi connectivity index (χ3v) is 4.87. The zero-order valence-corrected chi connectivity index (χ0v) is 13.5. The van der Waals surface area contributed by atoms with Gasteiger partial charge >= 0.3 is 11.8 Å². The Morgan fingerprint density at radius 1 is 1.15 bits per heavy atom. The molecule has 1 N–H and O–H groups in total. The highest BCUT2D eigenvalue weighted by molar-refractivity contribution is 5.82. The fourth-order valence-electron chi connectivity index (χ4n) is 3.69. The van der Waals surface area contributed by atoms with E-state index in [1.807, 2.05) is 0 Å². The van der Waals surface area contributed by atoms with Crippen molar-refractivity contribution in [1.29, 1.82) is 0 Å². The smallest absolute Gasteiger partial charge is 0.346 e. The molecular weight excluding hydrogens is 369 g/mol. The minimum absolute atomic E-state index is 0.00123. The number of benzene rings is 2. The molecule has 0 fully saturated rings. The summed E-state index contributed by atoms with van der Waals surface area (Å²) in [7, 11) is 0. The summed E-state index contributed by atoms with van der Waals surface area (Å²) in [5.74, 6) is -10.3. The van der Waals surface area contributed by atoms with Gasteiger partial charge in [-0.25, -0.2) is 9.24 Å². The van der Waals surface area contributed by atoms with E-state index in [9.17, 15) is 27.1 Å². The van der Waals surface area contributed by atoms with Gasteiger partial charge < -0.3 is 9.84 Å². The average Bonchev–Trinajstić information content (AvgIpc) is 2.92. The van der Waals surface area contributed by atoms with E-state index in [1.165, 1.54) is 6.07 Å². The van der Waals surface area contributed by atoms with E-state index in [0.717, 1.165) is 24.3 Å². The lowest BCUT2D eigenvalue weighted by Gasteiger charge is -2.30. The van der Waals surface area contributed by atoms with E-state index in [1.54, 1.807) is 0 Å². The van der Waals surface area contributed by atoms with Gasteiger partial charge in [-0.1, -0.05) is 6.58 Å².